The topological polar surface area (TPSA) is 42.4 Å². The summed E-state index contributed by atoms with van der Waals surface area (Å²) < 4.78 is 5.05. The van der Waals surface area contributed by atoms with E-state index in [0.717, 1.165) is 16.7 Å². The first kappa shape index (κ1) is 10.8. The maximum Gasteiger partial charge on any atom is 0.212 e. The Kier molecular flexibility index (Phi) is 2.52. The second kappa shape index (κ2) is 4.18. The fraction of sp³-hybridized carbons (Fsp3) is 0.133. The Morgan fingerprint density at radius 1 is 1.22 bits per heavy atom. The molecule has 1 aliphatic rings. The first-order chi connectivity index (χ1) is 8.79. The Labute approximate surface area is 105 Å². The average Bonchev–Trinajstić information content (AvgIpc) is 2.84. The Morgan fingerprint density at radius 3 is 2.83 bits per heavy atom. The lowest BCUT2D eigenvalue weighted by Crippen LogP contribution is -1.97. The van der Waals surface area contributed by atoms with Crippen molar-refractivity contribution >= 4 is 6.08 Å². The lowest BCUT2D eigenvalue weighted by atomic mass is 9.94. The summed E-state index contributed by atoms with van der Waals surface area (Å²) in [6.45, 7) is 0. The second-order valence-electron chi connectivity index (χ2n) is 4.25. The molecule has 1 aliphatic carbocycles. The van der Waals surface area contributed by atoms with E-state index in [-0.39, 0.29) is 5.92 Å². The molecule has 1 atom stereocenters. The fourth-order valence-corrected chi connectivity index (χ4v) is 2.31. The molecule has 90 valence electrons. The molecule has 0 aliphatic heterocycles. The Balaban J connectivity index is 2.01. The summed E-state index contributed by atoms with van der Waals surface area (Å²) in [4.78, 5) is 4.22. The molecule has 1 aromatic carbocycles. The van der Waals surface area contributed by atoms with Crippen molar-refractivity contribution in [2.24, 2.45) is 0 Å². The van der Waals surface area contributed by atoms with E-state index in [1.54, 1.807) is 13.2 Å². The van der Waals surface area contributed by atoms with E-state index in [9.17, 15) is 5.11 Å². The van der Waals surface area contributed by atoms with Gasteiger partial charge in [0.15, 0.2) is 0 Å². The molecule has 0 fully saturated rings. The van der Waals surface area contributed by atoms with Crippen LogP contribution in [0.5, 0.6) is 11.6 Å². The molecular weight excluding hydrogens is 226 g/mol. The zero-order chi connectivity index (χ0) is 12.5. The van der Waals surface area contributed by atoms with E-state index in [1.165, 1.54) is 0 Å². The van der Waals surface area contributed by atoms with Gasteiger partial charge in [-0.3, -0.25) is 0 Å². The minimum absolute atomic E-state index is 0.158. The zero-order valence-electron chi connectivity index (χ0n) is 10.00. The predicted octanol–water partition coefficient (Wildman–Crippen LogP) is 2.95. The van der Waals surface area contributed by atoms with Crippen molar-refractivity contribution in [1.82, 2.24) is 4.98 Å². The zero-order valence-corrected chi connectivity index (χ0v) is 10.00. The van der Waals surface area contributed by atoms with Gasteiger partial charge in [0.2, 0.25) is 5.88 Å². The lowest BCUT2D eigenvalue weighted by molar-refractivity contribution is 0.397. The van der Waals surface area contributed by atoms with Crippen LogP contribution in [0.4, 0.5) is 0 Å². The molecule has 0 saturated carbocycles. The molecule has 1 N–H and O–H groups in total. The molecule has 3 rings (SSSR count). The standard InChI is InChI=1S/C15H13NO2/c1-18-15-8-5-10(9-16-15)11-6-7-13-12(11)3-2-4-14(13)17/h2-9,11,17H,1H3. The molecule has 0 spiro atoms. The Hall–Kier alpha value is -2.29. The predicted molar refractivity (Wildman–Crippen MR) is 69.8 cm³/mol. The number of phenols is 1. The molecule has 1 heterocycles. The second-order valence-corrected chi connectivity index (χ2v) is 4.25. The highest BCUT2D eigenvalue weighted by molar-refractivity contribution is 5.69. The van der Waals surface area contributed by atoms with Gasteiger partial charge in [-0.05, 0) is 17.2 Å². The van der Waals surface area contributed by atoms with Crippen molar-refractivity contribution in [2.75, 3.05) is 7.11 Å². The van der Waals surface area contributed by atoms with Crippen molar-refractivity contribution in [3.05, 3.63) is 59.3 Å². The van der Waals surface area contributed by atoms with E-state index >= 15 is 0 Å². The number of aromatic nitrogens is 1. The molecular formula is C15H13NO2. The van der Waals surface area contributed by atoms with Crippen LogP contribution in [0, 0.1) is 0 Å². The molecule has 3 heteroatoms. The third-order valence-electron chi connectivity index (χ3n) is 3.23. The average molecular weight is 239 g/mol. The van der Waals surface area contributed by atoms with Crippen LogP contribution in [0.3, 0.4) is 0 Å². The van der Waals surface area contributed by atoms with Crippen molar-refractivity contribution in [1.29, 1.82) is 0 Å². The summed E-state index contributed by atoms with van der Waals surface area (Å²) >= 11 is 0. The van der Waals surface area contributed by atoms with Crippen LogP contribution < -0.4 is 4.74 Å². The van der Waals surface area contributed by atoms with E-state index in [1.807, 2.05) is 36.5 Å². The number of allylic oxidation sites excluding steroid dienone is 1. The van der Waals surface area contributed by atoms with Gasteiger partial charge in [-0.25, -0.2) is 4.98 Å². The van der Waals surface area contributed by atoms with Gasteiger partial charge in [-0.1, -0.05) is 30.4 Å². The van der Waals surface area contributed by atoms with Gasteiger partial charge in [-0.2, -0.15) is 0 Å². The summed E-state index contributed by atoms with van der Waals surface area (Å²) in [6.07, 6.45) is 5.85. The molecule has 2 aromatic rings. The molecule has 3 nitrogen and oxygen atoms in total. The van der Waals surface area contributed by atoms with Crippen molar-refractivity contribution in [3.8, 4) is 11.6 Å². The molecule has 1 unspecified atom stereocenters. The van der Waals surface area contributed by atoms with Gasteiger partial charge in [0.05, 0.1) is 7.11 Å². The molecule has 1 aromatic heterocycles. The van der Waals surface area contributed by atoms with Crippen LogP contribution in [-0.4, -0.2) is 17.2 Å². The number of aromatic hydroxyl groups is 1. The van der Waals surface area contributed by atoms with E-state index in [4.69, 9.17) is 4.74 Å². The first-order valence-corrected chi connectivity index (χ1v) is 5.79. The van der Waals surface area contributed by atoms with Crippen LogP contribution in [0.1, 0.15) is 22.6 Å². The summed E-state index contributed by atoms with van der Waals surface area (Å²) in [7, 11) is 1.60. The van der Waals surface area contributed by atoms with Gasteiger partial charge < -0.3 is 9.84 Å². The van der Waals surface area contributed by atoms with Gasteiger partial charge in [0.1, 0.15) is 5.75 Å². The van der Waals surface area contributed by atoms with Gasteiger partial charge >= 0.3 is 0 Å². The highest BCUT2D eigenvalue weighted by atomic mass is 16.5. The number of benzene rings is 1. The van der Waals surface area contributed by atoms with E-state index < -0.39 is 0 Å². The van der Waals surface area contributed by atoms with Crippen LogP contribution in [0.25, 0.3) is 6.08 Å². The number of fused-ring (bicyclic) bond motifs is 1. The normalized spacial score (nSPS) is 16.6. The smallest absolute Gasteiger partial charge is 0.212 e. The van der Waals surface area contributed by atoms with Gasteiger partial charge in [0, 0.05) is 23.7 Å². The fourth-order valence-electron chi connectivity index (χ4n) is 2.31. The first-order valence-electron chi connectivity index (χ1n) is 5.79. The maximum absolute atomic E-state index is 9.79. The number of rotatable bonds is 2. The number of methoxy groups -OCH3 is 1. The van der Waals surface area contributed by atoms with Crippen molar-refractivity contribution in [2.45, 2.75) is 5.92 Å². The lowest BCUT2D eigenvalue weighted by Gasteiger charge is -2.12. The summed E-state index contributed by atoms with van der Waals surface area (Å²) in [5, 5.41) is 9.79. The molecule has 0 radical (unpaired) electrons. The Bertz CT molecular complexity index is 602. The van der Waals surface area contributed by atoms with Crippen LogP contribution in [0.15, 0.2) is 42.6 Å². The van der Waals surface area contributed by atoms with Crippen molar-refractivity contribution < 1.29 is 9.84 Å². The van der Waals surface area contributed by atoms with Gasteiger partial charge in [-0.15, -0.1) is 0 Å². The summed E-state index contributed by atoms with van der Waals surface area (Å²) in [5.41, 5.74) is 3.11. The molecule has 0 bridgehead atoms. The molecule has 0 saturated heterocycles. The van der Waals surface area contributed by atoms with Gasteiger partial charge in [0.25, 0.3) is 0 Å². The number of hydrogen-bond donors (Lipinski definition) is 1. The minimum atomic E-state index is 0.158. The number of pyridine rings is 1. The largest absolute Gasteiger partial charge is 0.507 e. The summed E-state index contributed by atoms with van der Waals surface area (Å²) in [5.74, 6) is 1.09. The minimum Gasteiger partial charge on any atom is -0.507 e. The SMILES string of the molecule is COc1ccc(C2C=Cc3c(O)cccc32)cn1. The highest BCUT2D eigenvalue weighted by Gasteiger charge is 2.21. The van der Waals surface area contributed by atoms with E-state index in [0.29, 0.717) is 11.6 Å². The maximum atomic E-state index is 9.79. The van der Waals surface area contributed by atoms with Crippen LogP contribution >= 0.6 is 0 Å². The van der Waals surface area contributed by atoms with Crippen LogP contribution in [-0.2, 0) is 0 Å². The highest BCUT2D eigenvalue weighted by Crippen LogP contribution is 2.39. The molecule has 0 amide bonds. The molecule has 18 heavy (non-hydrogen) atoms. The third-order valence-corrected chi connectivity index (χ3v) is 3.23. The quantitative estimate of drug-likeness (QED) is 0.876. The number of hydrogen-bond acceptors (Lipinski definition) is 3. The monoisotopic (exact) mass is 239 g/mol. The number of phenolic OH excluding ortho intramolecular Hbond substituents is 1. The number of nitrogens with zero attached hydrogens (tertiary/aromatic N) is 1. The van der Waals surface area contributed by atoms with Crippen LogP contribution in [0.2, 0.25) is 0 Å². The Morgan fingerprint density at radius 2 is 2.11 bits per heavy atom. The van der Waals surface area contributed by atoms with Crippen molar-refractivity contribution in [3.63, 3.8) is 0 Å². The third kappa shape index (κ3) is 1.64. The summed E-state index contributed by atoms with van der Waals surface area (Å²) in [6, 6.07) is 9.46. The van der Waals surface area contributed by atoms with E-state index in [2.05, 4.69) is 11.1 Å². The number of ether oxygens (including phenoxy) is 1.